The number of H-pyrrole nitrogens is 1. The van der Waals surface area contributed by atoms with Crippen LogP contribution in [0.1, 0.15) is 16.2 Å². The van der Waals surface area contributed by atoms with Gasteiger partial charge in [0.05, 0.1) is 18.9 Å². The van der Waals surface area contributed by atoms with Crippen molar-refractivity contribution in [1.82, 2.24) is 9.88 Å². The number of aliphatic hydroxyl groups excluding tert-OH is 2. The largest absolute Gasteiger partial charge is 0.477 e. The molecule has 0 fully saturated rings. The predicted octanol–water partition coefficient (Wildman–Crippen LogP) is -0.160. The first kappa shape index (κ1) is 15.0. The second-order valence-electron chi connectivity index (χ2n) is 3.91. The van der Waals surface area contributed by atoms with Crippen LogP contribution in [-0.4, -0.2) is 63.5 Å². The van der Waals surface area contributed by atoms with Crippen molar-refractivity contribution in [1.29, 1.82) is 0 Å². The van der Waals surface area contributed by atoms with E-state index < -0.39 is 12.0 Å². The van der Waals surface area contributed by atoms with Gasteiger partial charge in [-0.1, -0.05) is 0 Å². The molecule has 0 aromatic carbocycles. The van der Waals surface area contributed by atoms with Gasteiger partial charge in [0, 0.05) is 18.8 Å². The third-order valence-electron chi connectivity index (χ3n) is 2.43. The second-order valence-corrected chi connectivity index (χ2v) is 3.91. The molecule has 1 heterocycles. The van der Waals surface area contributed by atoms with Crippen LogP contribution in [0, 0.1) is 6.92 Å². The molecule has 8 nitrogen and oxygen atoms in total. The molecule has 0 aliphatic heterocycles. The third-order valence-corrected chi connectivity index (χ3v) is 2.43. The van der Waals surface area contributed by atoms with Gasteiger partial charge < -0.3 is 30.5 Å². The fraction of sp³-hybridized carbons (Fsp3) is 0.455. The number of aromatic amines is 1. The standard InChI is InChI=1S/C11H17N3O5/c1-7-6-8(9(12-7)10(17)18)13-11(19)14(2-4-15)3-5-16/h6,12,15-16H,2-5H2,1H3,(H,13,19)(H,17,18). The number of nitrogens with one attached hydrogen (secondary N) is 2. The van der Waals surface area contributed by atoms with E-state index in [4.69, 9.17) is 15.3 Å². The number of hydrogen-bond donors (Lipinski definition) is 5. The van der Waals surface area contributed by atoms with E-state index in [1.54, 1.807) is 6.92 Å². The molecule has 1 aromatic rings. The van der Waals surface area contributed by atoms with Crippen molar-refractivity contribution >= 4 is 17.7 Å². The predicted molar refractivity (Wildman–Crippen MR) is 67.3 cm³/mol. The van der Waals surface area contributed by atoms with Gasteiger partial charge in [0.25, 0.3) is 0 Å². The third kappa shape index (κ3) is 3.97. The van der Waals surface area contributed by atoms with Crippen LogP contribution in [0.25, 0.3) is 0 Å². The Balaban J connectivity index is 2.82. The molecule has 2 amide bonds. The number of carboxylic acid groups (broad SMARTS) is 1. The summed E-state index contributed by atoms with van der Waals surface area (Å²) in [5.74, 6) is -1.18. The van der Waals surface area contributed by atoms with Crippen LogP contribution in [-0.2, 0) is 0 Å². The highest BCUT2D eigenvalue weighted by Crippen LogP contribution is 2.17. The number of aromatic nitrogens is 1. The highest BCUT2D eigenvalue weighted by Gasteiger charge is 2.18. The Morgan fingerprint density at radius 1 is 1.32 bits per heavy atom. The average Bonchev–Trinajstić information content (AvgIpc) is 2.70. The van der Waals surface area contributed by atoms with E-state index >= 15 is 0 Å². The highest BCUT2D eigenvalue weighted by molar-refractivity contribution is 5.99. The summed E-state index contributed by atoms with van der Waals surface area (Å²) in [5.41, 5.74) is 0.637. The van der Waals surface area contributed by atoms with E-state index in [0.29, 0.717) is 5.69 Å². The molecule has 8 heteroatoms. The molecule has 0 saturated carbocycles. The lowest BCUT2D eigenvalue weighted by atomic mass is 10.3. The van der Waals surface area contributed by atoms with Gasteiger partial charge in [0.2, 0.25) is 0 Å². The Bertz CT molecular complexity index is 451. The maximum atomic E-state index is 11.9. The number of urea groups is 1. The molecule has 0 radical (unpaired) electrons. The maximum Gasteiger partial charge on any atom is 0.354 e. The Morgan fingerprint density at radius 2 is 1.89 bits per heavy atom. The highest BCUT2D eigenvalue weighted by atomic mass is 16.4. The smallest absolute Gasteiger partial charge is 0.354 e. The summed E-state index contributed by atoms with van der Waals surface area (Å²) in [7, 11) is 0. The van der Waals surface area contributed by atoms with Crippen molar-refractivity contribution in [2.24, 2.45) is 0 Å². The number of amides is 2. The van der Waals surface area contributed by atoms with Crippen molar-refractivity contribution in [2.45, 2.75) is 6.92 Å². The minimum Gasteiger partial charge on any atom is -0.477 e. The maximum absolute atomic E-state index is 11.9. The lowest BCUT2D eigenvalue weighted by Crippen LogP contribution is -2.39. The number of aromatic carboxylic acids is 1. The first-order chi connectivity index (χ1) is 8.99. The molecular formula is C11H17N3O5. The Morgan fingerprint density at radius 3 is 2.37 bits per heavy atom. The molecule has 1 rings (SSSR count). The first-order valence-electron chi connectivity index (χ1n) is 5.70. The van der Waals surface area contributed by atoms with Gasteiger partial charge in [-0.25, -0.2) is 9.59 Å². The topological polar surface area (TPSA) is 126 Å². The molecule has 0 unspecified atom stereocenters. The van der Waals surface area contributed by atoms with Crippen LogP contribution < -0.4 is 5.32 Å². The molecular weight excluding hydrogens is 254 g/mol. The van der Waals surface area contributed by atoms with Gasteiger partial charge in [-0.15, -0.1) is 0 Å². The zero-order valence-electron chi connectivity index (χ0n) is 10.5. The number of carbonyl (C=O) groups excluding carboxylic acids is 1. The Kier molecular flexibility index (Phi) is 5.34. The van der Waals surface area contributed by atoms with Gasteiger partial charge in [0.1, 0.15) is 5.69 Å². The zero-order chi connectivity index (χ0) is 14.4. The Hall–Kier alpha value is -2.06. The van der Waals surface area contributed by atoms with E-state index in [1.165, 1.54) is 11.0 Å². The number of aliphatic hydroxyl groups is 2. The van der Waals surface area contributed by atoms with Crippen LogP contribution in [0.3, 0.4) is 0 Å². The summed E-state index contributed by atoms with van der Waals surface area (Å²) < 4.78 is 0. The summed E-state index contributed by atoms with van der Waals surface area (Å²) in [6.07, 6.45) is 0. The lowest BCUT2D eigenvalue weighted by Gasteiger charge is -2.20. The number of rotatable bonds is 6. The number of aryl methyl sites for hydroxylation is 1. The number of carbonyl (C=O) groups is 2. The quantitative estimate of drug-likeness (QED) is 0.491. The molecule has 1 aromatic heterocycles. The van der Waals surface area contributed by atoms with Crippen molar-refractivity contribution in [3.8, 4) is 0 Å². The molecule has 0 spiro atoms. The molecule has 0 aliphatic carbocycles. The van der Waals surface area contributed by atoms with Crippen molar-refractivity contribution in [2.75, 3.05) is 31.6 Å². The molecule has 0 aliphatic rings. The first-order valence-corrected chi connectivity index (χ1v) is 5.70. The van der Waals surface area contributed by atoms with Gasteiger partial charge in [-0.05, 0) is 13.0 Å². The fourth-order valence-corrected chi connectivity index (χ4v) is 1.61. The normalized spacial score (nSPS) is 10.3. The molecule has 5 N–H and O–H groups in total. The lowest BCUT2D eigenvalue weighted by molar-refractivity contribution is 0.0692. The molecule has 19 heavy (non-hydrogen) atoms. The summed E-state index contributed by atoms with van der Waals surface area (Å²) in [5, 5.41) is 29.0. The van der Waals surface area contributed by atoms with Crippen LogP contribution in [0.15, 0.2) is 6.07 Å². The Labute approximate surface area is 109 Å². The van der Waals surface area contributed by atoms with Crippen LogP contribution >= 0.6 is 0 Å². The van der Waals surface area contributed by atoms with E-state index in [0.717, 1.165) is 0 Å². The van der Waals surface area contributed by atoms with E-state index in [1.807, 2.05) is 0 Å². The molecule has 0 bridgehead atoms. The van der Waals surface area contributed by atoms with Crippen molar-refractivity contribution in [3.05, 3.63) is 17.5 Å². The zero-order valence-corrected chi connectivity index (χ0v) is 10.5. The SMILES string of the molecule is Cc1cc(NC(=O)N(CCO)CCO)c(C(=O)O)[nH]1. The van der Waals surface area contributed by atoms with E-state index in [2.05, 4.69) is 10.3 Å². The molecule has 0 saturated heterocycles. The van der Waals surface area contributed by atoms with Crippen LogP contribution in [0.2, 0.25) is 0 Å². The summed E-state index contributed by atoms with van der Waals surface area (Å²) >= 11 is 0. The summed E-state index contributed by atoms with van der Waals surface area (Å²) in [6.45, 7) is 1.29. The molecule has 0 atom stereocenters. The monoisotopic (exact) mass is 271 g/mol. The van der Waals surface area contributed by atoms with Gasteiger partial charge in [-0.2, -0.15) is 0 Å². The van der Waals surface area contributed by atoms with Crippen LogP contribution in [0.5, 0.6) is 0 Å². The number of hydrogen-bond acceptors (Lipinski definition) is 4. The summed E-state index contributed by atoms with van der Waals surface area (Å²) in [6, 6.07) is 0.918. The minimum absolute atomic E-state index is 0.0538. The van der Waals surface area contributed by atoms with Crippen LogP contribution in [0.4, 0.5) is 10.5 Å². The van der Waals surface area contributed by atoms with E-state index in [-0.39, 0.29) is 37.7 Å². The number of anilines is 1. The second kappa shape index (κ2) is 6.76. The van der Waals surface area contributed by atoms with Gasteiger partial charge in [-0.3, -0.25) is 0 Å². The minimum atomic E-state index is -1.18. The van der Waals surface area contributed by atoms with Crippen molar-refractivity contribution in [3.63, 3.8) is 0 Å². The van der Waals surface area contributed by atoms with Crippen molar-refractivity contribution < 1.29 is 24.9 Å². The molecule has 106 valence electrons. The fourth-order valence-electron chi connectivity index (χ4n) is 1.61. The van der Waals surface area contributed by atoms with Gasteiger partial charge >= 0.3 is 12.0 Å². The van der Waals surface area contributed by atoms with E-state index in [9.17, 15) is 9.59 Å². The average molecular weight is 271 g/mol. The summed E-state index contributed by atoms with van der Waals surface area (Å²) in [4.78, 5) is 26.6. The number of nitrogens with zero attached hydrogens (tertiary/aromatic N) is 1. The number of carboxylic acids is 1. The van der Waals surface area contributed by atoms with Gasteiger partial charge in [0.15, 0.2) is 0 Å².